The lowest BCUT2D eigenvalue weighted by Crippen LogP contribution is -2.41. The minimum Gasteiger partial charge on any atom is -0.326 e. The molecule has 0 heterocycles. The fourth-order valence-corrected chi connectivity index (χ4v) is 2.59. The number of halogens is 1. The number of rotatable bonds is 5. The van der Waals surface area contributed by atoms with E-state index in [0.29, 0.717) is 23.2 Å². The Morgan fingerprint density at radius 3 is 2.16 bits per heavy atom. The molecule has 6 nitrogen and oxygen atoms in total. The molecule has 2 aromatic rings. The molecule has 25 heavy (non-hydrogen) atoms. The van der Waals surface area contributed by atoms with Crippen LogP contribution in [0.25, 0.3) is 0 Å². The fraction of sp³-hybridized carbons (Fsp3) is 0.167. The van der Waals surface area contributed by atoms with Gasteiger partial charge in [0.25, 0.3) is 11.8 Å². The Morgan fingerprint density at radius 2 is 1.56 bits per heavy atom. The first-order valence-electron chi connectivity index (χ1n) is 7.75. The van der Waals surface area contributed by atoms with Gasteiger partial charge >= 0.3 is 0 Å². The zero-order valence-corrected chi connectivity index (χ0v) is 15.8. The molecule has 0 saturated carbocycles. The predicted molar refractivity (Wildman–Crippen MR) is 104 cm³/mol. The molecule has 2 rings (SSSR count). The zero-order chi connectivity index (χ0) is 18.2. The Labute approximate surface area is 159 Å². The third-order valence-electron chi connectivity index (χ3n) is 3.28. The summed E-state index contributed by atoms with van der Waals surface area (Å²) < 4.78 is 0.928. The molecule has 0 aliphatic rings. The summed E-state index contributed by atoms with van der Waals surface area (Å²) >= 11 is 2.11. The molecule has 0 radical (unpaired) electrons. The largest absolute Gasteiger partial charge is 0.326 e. The van der Waals surface area contributed by atoms with Crippen LogP contribution >= 0.6 is 22.6 Å². The van der Waals surface area contributed by atoms with Crippen LogP contribution in [0.15, 0.2) is 48.5 Å². The van der Waals surface area contributed by atoms with Crippen LogP contribution in [0.1, 0.15) is 40.5 Å². The van der Waals surface area contributed by atoms with Gasteiger partial charge in [0.1, 0.15) is 0 Å². The summed E-state index contributed by atoms with van der Waals surface area (Å²) in [4.78, 5) is 35.6. The van der Waals surface area contributed by atoms with E-state index in [1.165, 1.54) is 0 Å². The lowest BCUT2D eigenvalue weighted by molar-refractivity contribution is -0.116. The van der Waals surface area contributed by atoms with E-state index in [2.05, 4.69) is 38.8 Å². The van der Waals surface area contributed by atoms with Gasteiger partial charge in [-0.15, -0.1) is 0 Å². The Kier molecular flexibility index (Phi) is 6.93. The van der Waals surface area contributed by atoms with E-state index in [1.54, 1.807) is 42.5 Å². The van der Waals surface area contributed by atoms with Gasteiger partial charge < -0.3 is 5.32 Å². The quantitative estimate of drug-likeness (QED) is 0.483. The van der Waals surface area contributed by atoms with Crippen molar-refractivity contribution in [2.24, 2.45) is 0 Å². The minimum absolute atomic E-state index is 0.0653. The molecule has 2 aromatic carbocycles. The molecule has 3 N–H and O–H groups in total. The van der Waals surface area contributed by atoms with E-state index in [0.717, 1.165) is 9.99 Å². The Hall–Kier alpha value is -2.42. The van der Waals surface area contributed by atoms with E-state index in [4.69, 9.17) is 0 Å². The van der Waals surface area contributed by atoms with Gasteiger partial charge in [-0.2, -0.15) is 0 Å². The first kappa shape index (κ1) is 18.9. The number of carbonyl (C=O) groups is 3. The second-order valence-corrected chi connectivity index (χ2v) is 6.54. The number of anilines is 1. The molecule has 3 amide bonds. The second-order valence-electron chi connectivity index (χ2n) is 5.29. The number of amides is 3. The van der Waals surface area contributed by atoms with E-state index >= 15 is 0 Å². The van der Waals surface area contributed by atoms with Gasteiger partial charge in [0, 0.05) is 26.8 Å². The van der Waals surface area contributed by atoms with Gasteiger partial charge in [0.05, 0.1) is 0 Å². The molecule has 0 unspecified atom stereocenters. The predicted octanol–water partition coefficient (Wildman–Crippen LogP) is 3.10. The highest BCUT2D eigenvalue weighted by atomic mass is 127. The number of nitrogens with one attached hydrogen (secondary N) is 3. The summed E-state index contributed by atoms with van der Waals surface area (Å²) in [6.45, 7) is 1.93. The summed E-state index contributed by atoms with van der Waals surface area (Å²) in [6, 6.07) is 13.5. The van der Waals surface area contributed by atoms with Crippen molar-refractivity contribution in [2.75, 3.05) is 5.32 Å². The maximum Gasteiger partial charge on any atom is 0.269 e. The minimum atomic E-state index is -0.439. The molecule has 0 fully saturated rings. The molecule has 0 spiro atoms. The van der Waals surface area contributed by atoms with Crippen molar-refractivity contribution in [3.8, 4) is 0 Å². The van der Waals surface area contributed by atoms with Gasteiger partial charge in [-0.1, -0.05) is 13.0 Å². The normalized spacial score (nSPS) is 10.0. The Morgan fingerprint density at radius 1 is 0.920 bits per heavy atom. The van der Waals surface area contributed by atoms with Gasteiger partial charge in [0.2, 0.25) is 5.91 Å². The monoisotopic (exact) mass is 451 g/mol. The van der Waals surface area contributed by atoms with Crippen LogP contribution in [0, 0.1) is 3.57 Å². The van der Waals surface area contributed by atoms with Crippen molar-refractivity contribution in [3.05, 3.63) is 63.2 Å². The van der Waals surface area contributed by atoms with Gasteiger partial charge in [-0.3, -0.25) is 25.2 Å². The highest BCUT2D eigenvalue weighted by Crippen LogP contribution is 2.10. The van der Waals surface area contributed by atoms with Crippen LogP contribution in [0.4, 0.5) is 5.69 Å². The SMILES string of the molecule is CCCC(=O)Nc1ccc(C(=O)NNC(=O)c2cccc(I)c2)cc1. The average Bonchev–Trinajstić information content (AvgIpc) is 2.60. The second kappa shape index (κ2) is 9.16. The third-order valence-corrected chi connectivity index (χ3v) is 3.96. The van der Waals surface area contributed by atoms with Gasteiger partial charge in [0.15, 0.2) is 0 Å². The lowest BCUT2D eigenvalue weighted by atomic mass is 10.2. The number of benzene rings is 2. The van der Waals surface area contributed by atoms with Crippen molar-refractivity contribution >= 4 is 46.0 Å². The molecular weight excluding hydrogens is 433 g/mol. The number of hydrogen-bond acceptors (Lipinski definition) is 3. The maximum atomic E-state index is 12.1. The van der Waals surface area contributed by atoms with Crippen LogP contribution in [0.2, 0.25) is 0 Å². The maximum absolute atomic E-state index is 12.1. The van der Waals surface area contributed by atoms with Gasteiger partial charge in [-0.05, 0) is 71.5 Å². The molecule has 0 aromatic heterocycles. The molecule has 7 heteroatoms. The molecule has 0 aliphatic heterocycles. The summed E-state index contributed by atoms with van der Waals surface area (Å²) in [5.74, 6) is -0.898. The summed E-state index contributed by atoms with van der Waals surface area (Å²) in [5, 5.41) is 2.74. The van der Waals surface area contributed by atoms with Gasteiger partial charge in [-0.25, -0.2) is 0 Å². The van der Waals surface area contributed by atoms with E-state index in [9.17, 15) is 14.4 Å². The summed E-state index contributed by atoms with van der Waals surface area (Å²) in [7, 11) is 0. The van der Waals surface area contributed by atoms with Crippen molar-refractivity contribution in [2.45, 2.75) is 19.8 Å². The van der Waals surface area contributed by atoms with Crippen molar-refractivity contribution in [1.29, 1.82) is 0 Å². The highest BCUT2D eigenvalue weighted by molar-refractivity contribution is 14.1. The van der Waals surface area contributed by atoms with E-state index in [-0.39, 0.29) is 5.91 Å². The van der Waals surface area contributed by atoms with Crippen LogP contribution < -0.4 is 16.2 Å². The first-order valence-corrected chi connectivity index (χ1v) is 8.83. The summed E-state index contributed by atoms with van der Waals surface area (Å²) in [6.07, 6.45) is 1.22. The van der Waals surface area contributed by atoms with E-state index < -0.39 is 11.8 Å². The smallest absolute Gasteiger partial charge is 0.269 e. The van der Waals surface area contributed by atoms with Crippen molar-refractivity contribution in [1.82, 2.24) is 10.9 Å². The van der Waals surface area contributed by atoms with Crippen LogP contribution in [-0.4, -0.2) is 17.7 Å². The Bertz CT molecular complexity index is 775. The van der Waals surface area contributed by atoms with Crippen molar-refractivity contribution < 1.29 is 14.4 Å². The lowest BCUT2D eigenvalue weighted by Gasteiger charge is -2.09. The molecule has 0 saturated heterocycles. The van der Waals surface area contributed by atoms with E-state index in [1.807, 2.05) is 13.0 Å². The molecule has 0 aliphatic carbocycles. The molecule has 130 valence electrons. The Balaban J connectivity index is 1.90. The molecule has 0 bridgehead atoms. The van der Waals surface area contributed by atoms with Crippen LogP contribution in [-0.2, 0) is 4.79 Å². The third kappa shape index (κ3) is 5.86. The fourth-order valence-electron chi connectivity index (χ4n) is 2.04. The number of hydrazine groups is 1. The highest BCUT2D eigenvalue weighted by Gasteiger charge is 2.10. The molecule has 0 atom stereocenters. The zero-order valence-electron chi connectivity index (χ0n) is 13.6. The molecular formula is C18H18IN3O3. The standard InChI is InChI=1S/C18H18IN3O3/c1-2-4-16(23)20-15-9-7-12(8-10-15)17(24)21-22-18(25)13-5-3-6-14(19)11-13/h3,5-11H,2,4H2,1H3,(H,20,23)(H,21,24)(H,22,25). The number of hydrogen-bond donors (Lipinski definition) is 3. The first-order chi connectivity index (χ1) is 12.0. The number of carbonyl (C=O) groups excluding carboxylic acids is 3. The van der Waals surface area contributed by atoms with Crippen LogP contribution in [0.3, 0.4) is 0 Å². The summed E-state index contributed by atoms with van der Waals surface area (Å²) in [5.41, 5.74) is 6.20. The van der Waals surface area contributed by atoms with Crippen LogP contribution in [0.5, 0.6) is 0 Å². The van der Waals surface area contributed by atoms with Crippen molar-refractivity contribution in [3.63, 3.8) is 0 Å². The average molecular weight is 451 g/mol. The topological polar surface area (TPSA) is 87.3 Å².